The van der Waals surface area contributed by atoms with E-state index >= 15 is 0 Å². The van der Waals surface area contributed by atoms with E-state index in [2.05, 4.69) is 62.3 Å². The second-order valence-electron chi connectivity index (χ2n) is 5.25. The van der Waals surface area contributed by atoms with Gasteiger partial charge in [-0.3, -0.25) is 4.90 Å². The van der Waals surface area contributed by atoms with Crippen molar-refractivity contribution in [3.63, 3.8) is 0 Å². The molecule has 0 aliphatic rings. The molecule has 112 valence electrons. The average Bonchev–Trinajstić information content (AvgIpc) is 2.99. The lowest BCUT2D eigenvalue weighted by atomic mass is 10.2. The minimum Gasteiger partial charge on any atom is -0.282 e. The zero-order valence-corrected chi connectivity index (χ0v) is 13.9. The molecule has 0 radical (unpaired) electrons. The first-order valence-electron chi connectivity index (χ1n) is 7.09. The number of rotatable bonds is 5. The third kappa shape index (κ3) is 3.81. The van der Waals surface area contributed by atoms with Crippen LogP contribution in [0, 0.1) is 0 Å². The molecule has 0 amide bonds. The fourth-order valence-corrected chi connectivity index (χ4v) is 2.54. The van der Waals surface area contributed by atoms with Crippen molar-refractivity contribution in [3.05, 3.63) is 70.8 Å². The summed E-state index contributed by atoms with van der Waals surface area (Å²) in [5, 5.41) is 8.88. The first-order chi connectivity index (χ1) is 10.7. The smallest absolute Gasteiger partial charge is 0.113 e. The number of hydrogen-bond acceptors (Lipinski definition) is 3. The normalized spacial score (nSPS) is 11.0. The highest BCUT2D eigenvalue weighted by Gasteiger charge is 2.06. The third-order valence-corrected chi connectivity index (χ3v) is 3.87. The summed E-state index contributed by atoms with van der Waals surface area (Å²) in [7, 11) is 2.06. The molecule has 1 heterocycles. The van der Waals surface area contributed by atoms with Crippen molar-refractivity contribution in [3.8, 4) is 11.3 Å². The fraction of sp³-hybridized carbons (Fsp3) is 0.176. The minimum absolute atomic E-state index is 0.656. The van der Waals surface area contributed by atoms with Crippen LogP contribution in [-0.2, 0) is 13.2 Å². The first kappa shape index (κ1) is 14.9. The molecule has 3 rings (SSSR count). The van der Waals surface area contributed by atoms with Gasteiger partial charge in [-0.15, -0.1) is 0 Å². The Kier molecular flexibility index (Phi) is 4.65. The van der Waals surface area contributed by atoms with Gasteiger partial charge in [-0.25, -0.2) is 0 Å². The lowest BCUT2D eigenvalue weighted by Gasteiger charge is -2.15. The molecule has 0 aliphatic carbocycles. The summed E-state index contributed by atoms with van der Waals surface area (Å²) in [6.45, 7) is 1.51. The van der Waals surface area contributed by atoms with Gasteiger partial charge < -0.3 is 0 Å². The van der Waals surface area contributed by atoms with Crippen LogP contribution in [0.25, 0.3) is 11.3 Å². The molecule has 0 atom stereocenters. The molecule has 2 aromatic carbocycles. The van der Waals surface area contributed by atoms with E-state index in [1.54, 1.807) is 4.80 Å². The zero-order valence-electron chi connectivity index (χ0n) is 12.4. The third-order valence-electron chi connectivity index (χ3n) is 3.34. The van der Waals surface area contributed by atoms with Crippen LogP contribution in [0.4, 0.5) is 0 Å². The first-order valence-corrected chi connectivity index (χ1v) is 7.88. The van der Waals surface area contributed by atoms with Gasteiger partial charge in [0, 0.05) is 16.6 Å². The van der Waals surface area contributed by atoms with Crippen molar-refractivity contribution >= 4 is 15.9 Å². The molecule has 0 unspecified atom stereocenters. The predicted octanol–water partition coefficient (Wildman–Crippen LogP) is 3.80. The van der Waals surface area contributed by atoms with Crippen molar-refractivity contribution in [2.24, 2.45) is 0 Å². The van der Waals surface area contributed by atoms with Crippen LogP contribution in [0.15, 0.2) is 65.3 Å². The summed E-state index contributed by atoms with van der Waals surface area (Å²) in [4.78, 5) is 3.90. The summed E-state index contributed by atoms with van der Waals surface area (Å²) < 4.78 is 1.10. The topological polar surface area (TPSA) is 34.0 Å². The van der Waals surface area contributed by atoms with Gasteiger partial charge in [0.1, 0.15) is 12.4 Å². The van der Waals surface area contributed by atoms with Gasteiger partial charge in [0.05, 0.1) is 6.20 Å². The molecule has 1 aromatic heterocycles. The van der Waals surface area contributed by atoms with Crippen LogP contribution in [0.2, 0.25) is 0 Å². The van der Waals surface area contributed by atoms with E-state index in [4.69, 9.17) is 0 Å². The predicted molar refractivity (Wildman–Crippen MR) is 91.1 cm³/mol. The molecule has 0 saturated carbocycles. The Morgan fingerprint density at radius 3 is 2.50 bits per heavy atom. The number of nitrogens with zero attached hydrogens (tertiary/aromatic N) is 4. The second-order valence-corrected chi connectivity index (χ2v) is 6.17. The number of aromatic nitrogens is 3. The van der Waals surface area contributed by atoms with E-state index in [0.717, 1.165) is 22.3 Å². The monoisotopic (exact) mass is 356 g/mol. The van der Waals surface area contributed by atoms with Crippen LogP contribution in [0.5, 0.6) is 0 Å². The maximum atomic E-state index is 4.53. The van der Waals surface area contributed by atoms with Crippen LogP contribution in [-0.4, -0.2) is 26.9 Å². The van der Waals surface area contributed by atoms with Crippen molar-refractivity contribution in [1.29, 1.82) is 0 Å². The van der Waals surface area contributed by atoms with Crippen molar-refractivity contribution in [1.82, 2.24) is 19.9 Å². The summed E-state index contributed by atoms with van der Waals surface area (Å²) in [6.07, 6.45) is 1.81. The highest BCUT2D eigenvalue weighted by atomic mass is 79.9. The van der Waals surface area contributed by atoms with Gasteiger partial charge in [0.15, 0.2) is 0 Å². The Morgan fingerprint density at radius 2 is 1.77 bits per heavy atom. The average molecular weight is 357 g/mol. The lowest BCUT2D eigenvalue weighted by molar-refractivity contribution is 0.230. The standard InChI is InChI=1S/C17H17BrN4/c1-21(12-14-7-9-16(18)10-8-14)13-22-19-11-17(20-22)15-5-3-2-4-6-15/h2-11H,12-13H2,1H3. The number of benzene rings is 2. The van der Waals surface area contributed by atoms with Gasteiger partial charge in [-0.1, -0.05) is 58.4 Å². The summed E-state index contributed by atoms with van der Waals surface area (Å²) in [5.74, 6) is 0. The maximum absolute atomic E-state index is 4.53. The second kappa shape index (κ2) is 6.85. The summed E-state index contributed by atoms with van der Waals surface area (Å²) in [6, 6.07) is 18.5. The molecular formula is C17H17BrN4. The van der Waals surface area contributed by atoms with Crippen molar-refractivity contribution < 1.29 is 0 Å². The van der Waals surface area contributed by atoms with Crippen LogP contribution < -0.4 is 0 Å². The highest BCUT2D eigenvalue weighted by Crippen LogP contribution is 2.15. The Hall–Kier alpha value is -1.98. The molecule has 0 N–H and O–H groups in total. The Bertz CT molecular complexity index is 722. The molecule has 0 spiro atoms. The minimum atomic E-state index is 0.656. The summed E-state index contributed by atoms with van der Waals surface area (Å²) >= 11 is 3.45. The van der Waals surface area contributed by atoms with E-state index in [1.807, 2.05) is 36.5 Å². The Balaban J connectivity index is 1.63. The molecule has 0 fully saturated rings. The zero-order chi connectivity index (χ0) is 15.4. The van der Waals surface area contributed by atoms with Gasteiger partial charge in [-0.2, -0.15) is 15.0 Å². The SMILES string of the molecule is CN(Cc1ccc(Br)cc1)Cn1ncc(-c2ccccc2)n1. The van der Waals surface area contributed by atoms with Crippen LogP contribution in [0.3, 0.4) is 0 Å². The molecule has 5 heteroatoms. The number of halogens is 1. The van der Waals surface area contributed by atoms with Gasteiger partial charge in [-0.05, 0) is 24.7 Å². The maximum Gasteiger partial charge on any atom is 0.113 e. The molecule has 0 aliphatic heterocycles. The Labute approximate surface area is 138 Å². The van der Waals surface area contributed by atoms with Crippen molar-refractivity contribution in [2.45, 2.75) is 13.2 Å². The summed E-state index contributed by atoms with van der Waals surface area (Å²) in [5.41, 5.74) is 3.25. The highest BCUT2D eigenvalue weighted by molar-refractivity contribution is 9.10. The van der Waals surface area contributed by atoms with Gasteiger partial charge in [0.2, 0.25) is 0 Å². The quantitative estimate of drug-likeness (QED) is 0.697. The molecule has 4 nitrogen and oxygen atoms in total. The fourth-order valence-electron chi connectivity index (χ4n) is 2.27. The largest absolute Gasteiger partial charge is 0.282 e. The van der Waals surface area contributed by atoms with Crippen LogP contribution >= 0.6 is 15.9 Å². The van der Waals surface area contributed by atoms with E-state index in [9.17, 15) is 0 Å². The molecule has 22 heavy (non-hydrogen) atoms. The van der Waals surface area contributed by atoms with E-state index < -0.39 is 0 Å². The lowest BCUT2D eigenvalue weighted by Crippen LogP contribution is -2.23. The van der Waals surface area contributed by atoms with Gasteiger partial charge in [0.25, 0.3) is 0 Å². The van der Waals surface area contributed by atoms with E-state index in [1.165, 1.54) is 5.56 Å². The Morgan fingerprint density at radius 1 is 1.05 bits per heavy atom. The molecule has 0 bridgehead atoms. The van der Waals surface area contributed by atoms with Crippen molar-refractivity contribution in [2.75, 3.05) is 7.05 Å². The molecular weight excluding hydrogens is 340 g/mol. The molecule has 0 saturated heterocycles. The van der Waals surface area contributed by atoms with Gasteiger partial charge >= 0.3 is 0 Å². The molecule has 3 aromatic rings. The van der Waals surface area contributed by atoms with E-state index in [0.29, 0.717) is 6.67 Å². The van der Waals surface area contributed by atoms with E-state index in [-0.39, 0.29) is 0 Å². The number of hydrogen-bond donors (Lipinski definition) is 0. The van der Waals surface area contributed by atoms with Crippen LogP contribution in [0.1, 0.15) is 5.56 Å².